The van der Waals surface area contributed by atoms with Gasteiger partial charge in [-0.3, -0.25) is 4.79 Å². The first-order valence-corrected chi connectivity index (χ1v) is 16.4. The van der Waals surface area contributed by atoms with E-state index in [0.29, 0.717) is 61.2 Å². The molecule has 8 rings (SSSR count). The second-order valence-electron chi connectivity index (χ2n) is 13.3. The van der Waals surface area contributed by atoms with Gasteiger partial charge in [0.05, 0.1) is 30.8 Å². The molecular weight excluding hydrogens is 545 g/mol. The smallest absolute Gasteiger partial charge is 0.316 e. The number of carbonyl (C=O) groups excluding carboxylic acids is 1. The summed E-state index contributed by atoms with van der Waals surface area (Å²) in [6.45, 7) is 9.46. The number of carbonyl (C=O) groups is 1. The Kier molecular flexibility index (Phi) is 5.87. The Bertz CT molecular complexity index is 1480. The molecule has 1 saturated carbocycles. The molecule has 4 bridgehead atoms. The fraction of sp³-hybridized carbons (Fsp3) is 0.567. The summed E-state index contributed by atoms with van der Waals surface area (Å²) >= 11 is 0. The fourth-order valence-corrected chi connectivity index (χ4v) is 10.5. The van der Waals surface area contributed by atoms with Crippen molar-refractivity contribution in [3.05, 3.63) is 48.4 Å². The summed E-state index contributed by atoms with van der Waals surface area (Å²) in [5.74, 6) is 2.47. The predicted molar refractivity (Wildman–Crippen MR) is 155 cm³/mol. The lowest BCUT2D eigenvalue weighted by molar-refractivity contribution is -0.0155. The Morgan fingerprint density at radius 1 is 1.15 bits per heavy atom. The summed E-state index contributed by atoms with van der Waals surface area (Å²) in [7, 11) is -1.64. The molecule has 1 aromatic carbocycles. The molecule has 4 aliphatic heterocycles. The summed E-state index contributed by atoms with van der Waals surface area (Å²) in [5, 5.41) is 4.33. The van der Waals surface area contributed by atoms with Gasteiger partial charge in [0.25, 0.3) is 5.24 Å². The zero-order chi connectivity index (χ0) is 28.7. The Morgan fingerprint density at radius 2 is 1.90 bits per heavy atom. The van der Waals surface area contributed by atoms with Crippen molar-refractivity contribution >= 4 is 21.0 Å². The van der Waals surface area contributed by atoms with Crippen LogP contribution in [-0.4, -0.2) is 73.6 Å². The van der Waals surface area contributed by atoms with E-state index in [-0.39, 0.29) is 16.1 Å². The van der Waals surface area contributed by atoms with Gasteiger partial charge in [0.2, 0.25) is 5.89 Å². The maximum atomic E-state index is 14.6. The quantitative estimate of drug-likeness (QED) is 0.356. The van der Waals surface area contributed by atoms with E-state index < -0.39 is 21.3 Å². The van der Waals surface area contributed by atoms with Crippen LogP contribution in [-0.2, 0) is 15.6 Å². The highest BCUT2D eigenvalue weighted by Crippen LogP contribution is 2.77. The number of alkyl halides is 1. The van der Waals surface area contributed by atoms with Crippen molar-refractivity contribution in [3.63, 3.8) is 0 Å². The molecule has 41 heavy (non-hydrogen) atoms. The first kappa shape index (κ1) is 26.8. The molecule has 4 saturated heterocycles. The summed E-state index contributed by atoms with van der Waals surface area (Å²) < 4.78 is 32.3. The second-order valence-corrected chi connectivity index (χ2v) is 16.6. The number of amides is 1. The molecule has 0 N–H and O–H groups in total. The van der Waals surface area contributed by atoms with Crippen molar-refractivity contribution in [2.24, 2.45) is 0 Å². The number of fused-ring (bicyclic) bond motifs is 2. The Labute approximate surface area is 240 Å². The lowest BCUT2D eigenvalue weighted by Gasteiger charge is -2.69. The number of ether oxygens (including phenoxy) is 2. The molecule has 6 heterocycles. The molecule has 2 aromatic heterocycles. The molecule has 2 atom stereocenters. The third-order valence-corrected chi connectivity index (χ3v) is 13.1. The van der Waals surface area contributed by atoms with Gasteiger partial charge in [-0.2, -0.15) is 15.0 Å². The van der Waals surface area contributed by atoms with Gasteiger partial charge in [-0.25, -0.2) is 14.4 Å². The summed E-state index contributed by atoms with van der Waals surface area (Å²) in [4.78, 5) is 29.4. The van der Waals surface area contributed by atoms with Crippen molar-refractivity contribution in [1.82, 2.24) is 20.1 Å². The minimum atomic E-state index is -1.64. The largest absolute Gasteiger partial charge is 0.464 e. The SMILES string of the molecule is CCOc1ncc(-c2cccc(N(CC34CCC(c5nc(C(C)(C)C)no5)(CO3)C4)C(=O)S34CC(F)(C3)C4)c2)cn1. The standard InChI is InChI=1S/C30H36FN5O4S/c1-5-38-25-32-12-21(13-33-25)20-7-6-8-22(11-20)36(26(37)41-17-29(31,18-41)19-41)15-30-10-9-28(14-30,16-39-30)24-34-23(35-40-24)27(2,3)4/h6-8,11-13H,5,9-10,14-19H2,1-4H3. The highest BCUT2D eigenvalue weighted by Gasteiger charge is 2.70. The molecule has 1 aliphatic carbocycles. The van der Waals surface area contributed by atoms with Crippen LogP contribution in [0.4, 0.5) is 14.9 Å². The maximum absolute atomic E-state index is 14.6. The van der Waals surface area contributed by atoms with Crippen LogP contribution >= 0.6 is 10.0 Å². The molecule has 3 aromatic rings. The number of rotatable bonds is 7. The third-order valence-electron chi connectivity index (χ3n) is 8.96. The van der Waals surface area contributed by atoms with E-state index in [4.69, 9.17) is 19.0 Å². The first-order chi connectivity index (χ1) is 19.5. The molecule has 0 radical (unpaired) electrons. The first-order valence-electron chi connectivity index (χ1n) is 14.3. The van der Waals surface area contributed by atoms with Crippen LogP contribution in [0.2, 0.25) is 0 Å². The van der Waals surface area contributed by atoms with Crippen LogP contribution < -0.4 is 9.64 Å². The summed E-state index contributed by atoms with van der Waals surface area (Å²) in [6.07, 6.45) is 5.80. The second kappa shape index (κ2) is 8.97. The van der Waals surface area contributed by atoms with Crippen molar-refractivity contribution in [1.29, 1.82) is 0 Å². The summed E-state index contributed by atoms with van der Waals surface area (Å²) in [6, 6.07) is 8.19. The number of hydrogen-bond donors (Lipinski definition) is 0. The van der Waals surface area contributed by atoms with Crippen molar-refractivity contribution in [2.45, 2.75) is 69.1 Å². The molecule has 11 heteroatoms. The number of benzene rings is 1. The van der Waals surface area contributed by atoms with Crippen molar-refractivity contribution in [2.75, 3.05) is 41.9 Å². The highest BCUT2D eigenvalue weighted by atomic mass is 32.3. The van der Waals surface area contributed by atoms with Crippen LogP contribution in [0.15, 0.2) is 41.2 Å². The molecule has 5 aliphatic rings. The fourth-order valence-electron chi connectivity index (χ4n) is 6.82. The Hall–Kier alpha value is -3.05. The number of aromatic nitrogens is 4. The molecule has 5 fully saturated rings. The van der Waals surface area contributed by atoms with Crippen LogP contribution in [0.3, 0.4) is 0 Å². The monoisotopic (exact) mass is 581 g/mol. The van der Waals surface area contributed by atoms with E-state index in [1.54, 1.807) is 12.4 Å². The van der Waals surface area contributed by atoms with Crippen LogP contribution in [0.25, 0.3) is 11.1 Å². The molecular formula is C30H36FN5O4S. The average Bonchev–Trinajstić information content (AvgIpc) is 3.65. The zero-order valence-corrected chi connectivity index (χ0v) is 24.8. The van der Waals surface area contributed by atoms with E-state index >= 15 is 0 Å². The van der Waals surface area contributed by atoms with Gasteiger partial charge in [-0.15, -0.1) is 0 Å². The van der Waals surface area contributed by atoms with Gasteiger partial charge in [-0.1, -0.05) is 38.1 Å². The molecule has 1 amide bonds. The lowest BCUT2D eigenvalue weighted by atomic mass is 9.87. The molecule has 218 valence electrons. The zero-order valence-electron chi connectivity index (χ0n) is 24.0. The van der Waals surface area contributed by atoms with Gasteiger partial charge in [0.1, 0.15) is 5.67 Å². The van der Waals surface area contributed by atoms with Crippen LogP contribution in [0.1, 0.15) is 58.7 Å². The van der Waals surface area contributed by atoms with Gasteiger partial charge < -0.3 is 18.9 Å². The van der Waals surface area contributed by atoms with Crippen LogP contribution in [0, 0.1) is 0 Å². The molecule has 2 unspecified atom stereocenters. The van der Waals surface area contributed by atoms with E-state index in [1.807, 2.05) is 36.1 Å². The predicted octanol–water partition coefficient (Wildman–Crippen LogP) is 5.58. The van der Waals surface area contributed by atoms with E-state index in [1.165, 1.54) is 0 Å². The lowest BCUT2D eigenvalue weighted by Crippen LogP contribution is -2.70. The van der Waals surface area contributed by atoms with Crippen LogP contribution in [0.5, 0.6) is 6.01 Å². The maximum Gasteiger partial charge on any atom is 0.316 e. The third kappa shape index (κ3) is 4.34. The van der Waals surface area contributed by atoms with Crippen molar-refractivity contribution in [3.8, 4) is 17.1 Å². The summed E-state index contributed by atoms with van der Waals surface area (Å²) in [5.41, 5.74) is 0.274. The average molecular weight is 582 g/mol. The van der Waals surface area contributed by atoms with E-state index in [2.05, 4.69) is 35.9 Å². The molecule has 9 nitrogen and oxygen atoms in total. The van der Waals surface area contributed by atoms with Gasteiger partial charge >= 0.3 is 6.01 Å². The van der Waals surface area contributed by atoms with Gasteiger partial charge in [0, 0.05) is 46.3 Å². The van der Waals surface area contributed by atoms with E-state index in [9.17, 15) is 9.18 Å². The van der Waals surface area contributed by atoms with E-state index in [0.717, 1.165) is 29.7 Å². The number of anilines is 1. The molecule has 0 spiro atoms. The highest BCUT2D eigenvalue weighted by molar-refractivity contribution is 8.48. The van der Waals surface area contributed by atoms with Gasteiger partial charge in [0.15, 0.2) is 5.82 Å². The topological polar surface area (TPSA) is 103 Å². The Morgan fingerprint density at radius 3 is 2.51 bits per heavy atom. The number of hydrogen-bond acceptors (Lipinski definition) is 8. The van der Waals surface area contributed by atoms with Gasteiger partial charge in [-0.05, 0) is 43.9 Å². The minimum absolute atomic E-state index is 0.0623. The minimum Gasteiger partial charge on any atom is -0.464 e. The Balaban J connectivity index is 1.18. The number of halogens is 1. The number of nitrogens with zero attached hydrogens (tertiary/aromatic N) is 5. The van der Waals surface area contributed by atoms with Crippen molar-refractivity contribution < 1.29 is 23.2 Å². The normalized spacial score (nSPS) is 33.0.